The average Bonchev–Trinajstić information content (AvgIpc) is 2.65. The number of likely N-dealkylation sites (tertiary alicyclic amines) is 1. The van der Waals surface area contributed by atoms with Crippen LogP contribution in [0.3, 0.4) is 0 Å². The molecule has 0 saturated carbocycles. The van der Waals surface area contributed by atoms with Crippen molar-refractivity contribution in [2.24, 2.45) is 11.8 Å². The predicted octanol–water partition coefficient (Wildman–Crippen LogP) is 1.24. The van der Waals surface area contributed by atoms with Crippen LogP contribution >= 0.6 is 0 Å². The zero-order valence-corrected chi connectivity index (χ0v) is 9.11. The van der Waals surface area contributed by atoms with Gasteiger partial charge in [0.2, 0.25) is 0 Å². The Hall–Kier alpha value is -0.590. The van der Waals surface area contributed by atoms with Gasteiger partial charge >= 0.3 is 0 Å². The third-order valence-corrected chi connectivity index (χ3v) is 2.91. The lowest BCUT2D eigenvalue weighted by Gasteiger charge is -2.24. The molecule has 3 heteroatoms. The minimum atomic E-state index is -0.486. The minimum Gasteiger partial charge on any atom is -0.391 e. The second-order valence-electron chi connectivity index (χ2n) is 4.48. The fourth-order valence-electron chi connectivity index (χ4n) is 1.93. The molecule has 2 atom stereocenters. The smallest absolute Gasteiger partial charge is 0.0851 e. The summed E-state index contributed by atoms with van der Waals surface area (Å²) in [5.74, 6) is -0.0599. The first-order chi connectivity index (χ1) is 6.65. The second-order valence-corrected chi connectivity index (χ2v) is 4.48. The van der Waals surface area contributed by atoms with Gasteiger partial charge < -0.3 is 10.0 Å². The monoisotopic (exact) mass is 196 g/mol. The van der Waals surface area contributed by atoms with Gasteiger partial charge in [0.05, 0.1) is 18.1 Å². The molecular formula is C11H20N2O. The number of rotatable bonds is 4. The van der Waals surface area contributed by atoms with Crippen LogP contribution in [-0.4, -0.2) is 35.7 Å². The SMILES string of the molecule is CC(C)[C@@H](O)[C@H](C#N)CN1CCCC1. The van der Waals surface area contributed by atoms with Crippen molar-refractivity contribution < 1.29 is 5.11 Å². The molecule has 1 aliphatic rings. The van der Waals surface area contributed by atoms with Gasteiger partial charge in [-0.15, -0.1) is 0 Å². The number of hydrogen-bond donors (Lipinski definition) is 1. The summed E-state index contributed by atoms with van der Waals surface area (Å²) in [5.41, 5.74) is 0. The zero-order valence-electron chi connectivity index (χ0n) is 9.11. The lowest BCUT2D eigenvalue weighted by Crippen LogP contribution is -2.35. The van der Waals surface area contributed by atoms with Gasteiger partial charge in [0.1, 0.15) is 0 Å². The highest BCUT2D eigenvalue weighted by molar-refractivity contribution is 4.92. The van der Waals surface area contributed by atoms with E-state index in [9.17, 15) is 5.11 Å². The average molecular weight is 196 g/mol. The Balaban J connectivity index is 2.42. The van der Waals surface area contributed by atoms with Gasteiger partial charge in [-0.2, -0.15) is 5.26 Å². The van der Waals surface area contributed by atoms with Crippen LogP contribution in [0.4, 0.5) is 0 Å². The first-order valence-electron chi connectivity index (χ1n) is 5.45. The Bertz CT molecular complexity index is 204. The molecule has 1 aliphatic heterocycles. The second kappa shape index (κ2) is 5.33. The first-order valence-corrected chi connectivity index (χ1v) is 5.45. The standard InChI is InChI=1S/C11H20N2O/c1-9(2)11(14)10(7-12)8-13-5-3-4-6-13/h9-11,14H,3-6,8H2,1-2H3/t10-,11-/m1/s1. The molecule has 0 amide bonds. The molecule has 1 N–H and O–H groups in total. The number of hydrogen-bond acceptors (Lipinski definition) is 3. The molecule has 0 unspecified atom stereocenters. The normalized spacial score (nSPS) is 22.2. The highest BCUT2D eigenvalue weighted by atomic mass is 16.3. The maximum Gasteiger partial charge on any atom is 0.0851 e. The molecule has 1 fully saturated rings. The quantitative estimate of drug-likeness (QED) is 0.736. The lowest BCUT2D eigenvalue weighted by molar-refractivity contribution is 0.0717. The molecule has 14 heavy (non-hydrogen) atoms. The van der Waals surface area contributed by atoms with E-state index in [4.69, 9.17) is 5.26 Å². The predicted molar refractivity (Wildman–Crippen MR) is 55.6 cm³/mol. The highest BCUT2D eigenvalue weighted by Gasteiger charge is 2.25. The maximum absolute atomic E-state index is 9.80. The van der Waals surface area contributed by atoms with Crippen LogP contribution in [0.15, 0.2) is 0 Å². The van der Waals surface area contributed by atoms with Crippen molar-refractivity contribution in [1.29, 1.82) is 5.26 Å². The van der Waals surface area contributed by atoms with E-state index in [0.717, 1.165) is 19.6 Å². The molecule has 0 radical (unpaired) electrons. The van der Waals surface area contributed by atoms with E-state index in [-0.39, 0.29) is 11.8 Å². The zero-order chi connectivity index (χ0) is 10.6. The van der Waals surface area contributed by atoms with Crippen molar-refractivity contribution >= 4 is 0 Å². The third-order valence-electron chi connectivity index (χ3n) is 2.91. The first kappa shape index (κ1) is 11.5. The summed E-state index contributed by atoms with van der Waals surface area (Å²) < 4.78 is 0. The minimum absolute atomic E-state index is 0.169. The van der Waals surface area contributed by atoms with Gasteiger partial charge in [-0.05, 0) is 31.8 Å². The molecule has 1 saturated heterocycles. The summed E-state index contributed by atoms with van der Waals surface area (Å²) in [4.78, 5) is 2.28. The van der Waals surface area contributed by atoms with Gasteiger partial charge in [-0.25, -0.2) is 0 Å². The summed E-state index contributed by atoms with van der Waals surface area (Å²) in [6.45, 7) is 6.82. The van der Waals surface area contributed by atoms with Gasteiger partial charge in [-0.1, -0.05) is 13.8 Å². The third kappa shape index (κ3) is 2.97. The van der Waals surface area contributed by atoms with Gasteiger partial charge in [0, 0.05) is 6.54 Å². The topological polar surface area (TPSA) is 47.3 Å². The summed E-state index contributed by atoms with van der Waals surface area (Å²) >= 11 is 0. The molecule has 0 bridgehead atoms. The summed E-state index contributed by atoms with van der Waals surface area (Å²) in [5, 5.41) is 18.8. The van der Waals surface area contributed by atoms with E-state index in [1.54, 1.807) is 0 Å². The Labute approximate surface area is 86.3 Å². The fourth-order valence-corrected chi connectivity index (χ4v) is 1.93. The lowest BCUT2D eigenvalue weighted by atomic mass is 9.94. The van der Waals surface area contributed by atoms with Crippen LogP contribution < -0.4 is 0 Å². The number of nitrogens with zero attached hydrogens (tertiary/aromatic N) is 2. The largest absolute Gasteiger partial charge is 0.391 e. The van der Waals surface area contributed by atoms with E-state index < -0.39 is 6.10 Å². The highest BCUT2D eigenvalue weighted by Crippen LogP contribution is 2.16. The molecule has 0 aliphatic carbocycles. The van der Waals surface area contributed by atoms with Crippen molar-refractivity contribution in [3.8, 4) is 6.07 Å². The van der Waals surface area contributed by atoms with Crippen molar-refractivity contribution in [3.63, 3.8) is 0 Å². The van der Waals surface area contributed by atoms with Crippen LogP contribution in [0.5, 0.6) is 0 Å². The van der Waals surface area contributed by atoms with Crippen LogP contribution in [0.2, 0.25) is 0 Å². The van der Waals surface area contributed by atoms with Crippen LogP contribution in [0.1, 0.15) is 26.7 Å². The van der Waals surface area contributed by atoms with Crippen molar-refractivity contribution in [1.82, 2.24) is 4.90 Å². The number of nitriles is 1. The van der Waals surface area contributed by atoms with E-state index >= 15 is 0 Å². The molecule has 0 aromatic rings. The molecule has 80 valence electrons. The van der Waals surface area contributed by atoms with Crippen molar-refractivity contribution in [2.75, 3.05) is 19.6 Å². The molecule has 1 rings (SSSR count). The summed E-state index contributed by atoms with van der Waals surface area (Å²) in [6.07, 6.45) is 1.98. The van der Waals surface area contributed by atoms with Crippen LogP contribution in [0.25, 0.3) is 0 Å². The van der Waals surface area contributed by atoms with E-state index in [1.165, 1.54) is 12.8 Å². The van der Waals surface area contributed by atoms with Crippen LogP contribution in [-0.2, 0) is 0 Å². The Morgan fingerprint density at radius 1 is 1.36 bits per heavy atom. The molecule has 0 spiro atoms. The Morgan fingerprint density at radius 2 is 1.93 bits per heavy atom. The number of aliphatic hydroxyl groups excluding tert-OH is 1. The van der Waals surface area contributed by atoms with Gasteiger partial charge in [0.15, 0.2) is 0 Å². The molecule has 1 heterocycles. The Morgan fingerprint density at radius 3 is 2.36 bits per heavy atom. The van der Waals surface area contributed by atoms with E-state index in [1.807, 2.05) is 13.8 Å². The van der Waals surface area contributed by atoms with Gasteiger partial charge in [0.25, 0.3) is 0 Å². The summed E-state index contributed by atoms with van der Waals surface area (Å²) in [6, 6.07) is 2.22. The van der Waals surface area contributed by atoms with E-state index in [2.05, 4.69) is 11.0 Å². The fraction of sp³-hybridized carbons (Fsp3) is 0.909. The van der Waals surface area contributed by atoms with Crippen LogP contribution in [0, 0.1) is 23.2 Å². The maximum atomic E-state index is 9.80. The molecule has 0 aromatic carbocycles. The number of aliphatic hydroxyl groups is 1. The molecule has 0 aromatic heterocycles. The Kier molecular flexibility index (Phi) is 4.37. The molecular weight excluding hydrogens is 176 g/mol. The van der Waals surface area contributed by atoms with Crippen molar-refractivity contribution in [3.05, 3.63) is 0 Å². The molecule has 3 nitrogen and oxygen atoms in total. The van der Waals surface area contributed by atoms with Crippen molar-refractivity contribution in [2.45, 2.75) is 32.8 Å². The van der Waals surface area contributed by atoms with Gasteiger partial charge in [-0.3, -0.25) is 0 Å². The summed E-state index contributed by atoms with van der Waals surface area (Å²) in [7, 11) is 0. The van der Waals surface area contributed by atoms with E-state index in [0.29, 0.717) is 0 Å².